The summed E-state index contributed by atoms with van der Waals surface area (Å²) in [5.74, 6) is 1.54. The fourth-order valence-corrected chi connectivity index (χ4v) is 5.75. The van der Waals surface area contributed by atoms with Gasteiger partial charge in [-0.3, -0.25) is 9.69 Å². The van der Waals surface area contributed by atoms with Crippen molar-refractivity contribution in [1.29, 1.82) is 0 Å². The molecule has 0 spiro atoms. The van der Waals surface area contributed by atoms with Crippen LogP contribution in [0, 0.1) is 0 Å². The van der Waals surface area contributed by atoms with Crippen LogP contribution in [0.3, 0.4) is 0 Å². The number of aromatic amines is 1. The summed E-state index contributed by atoms with van der Waals surface area (Å²) in [5.41, 5.74) is 4.90. The second kappa shape index (κ2) is 11.9. The number of pyridine rings is 1. The molecule has 0 saturated carbocycles. The van der Waals surface area contributed by atoms with Crippen LogP contribution in [0.5, 0.6) is 5.75 Å². The largest absolute Gasteiger partial charge is 0.495 e. The van der Waals surface area contributed by atoms with Crippen molar-refractivity contribution in [3.05, 3.63) is 112 Å². The minimum atomic E-state index is -0.390. The van der Waals surface area contributed by atoms with Crippen LogP contribution in [0.25, 0.3) is 10.9 Å². The Balaban J connectivity index is 1.36. The number of para-hydroxylation sites is 2. The van der Waals surface area contributed by atoms with E-state index in [-0.39, 0.29) is 11.6 Å². The lowest BCUT2D eigenvalue weighted by atomic mass is 10.0. The third-order valence-corrected chi connectivity index (χ3v) is 8.00. The lowest BCUT2D eigenvalue weighted by molar-refractivity contribution is 0.199. The maximum atomic E-state index is 13.6. The number of H-pyrrole nitrogens is 1. The number of anilines is 1. The van der Waals surface area contributed by atoms with E-state index in [4.69, 9.17) is 4.74 Å². The van der Waals surface area contributed by atoms with Crippen molar-refractivity contribution in [2.24, 2.45) is 0 Å². The first-order valence-corrected chi connectivity index (χ1v) is 14.2. The van der Waals surface area contributed by atoms with Crippen molar-refractivity contribution in [2.45, 2.75) is 32.4 Å². The van der Waals surface area contributed by atoms with Crippen LogP contribution in [-0.2, 0) is 19.4 Å². The number of methoxy groups -OCH3 is 1. The van der Waals surface area contributed by atoms with Crippen LogP contribution in [0.15, 0.2) is 83.7 Å². The van der Waals surface area contributed by atoms with E-state index in [9.17, 15) is 4.79 Å². The summed E-state index contributed by atoms with van der Waals surface area (Å²) in [4.78, 5) is 21.4. The lowest BCUT2D eigenvalue weighted by Crippen LogP contribution is -2.49. The summed E-state index contributed by atoms with van der Waals surface area (Å²) in [6, 6.07) is 26.3. The number of benzene rings is 3. The Kier molecular flexibility index (Phi) is 7.78. The molecule has 5 aromatic rings. The van der Waals surface area contributed by atoms with Crippen molar-refractivity contribution in [1.82, 2.24) is 30.1 Å². The second-order valence-corrected chi connectivity index (χ2v) is 10.4. The molecule has 0 bridgehead atoms. The summed E-state index contributed by atoms with van der Waals surface area (Å²) in [7, 11) is 1.70. The fourth-order valence-electron chi connectivity index (χ4n) is 5.75. The molecule has 3 aromatic carbocycles. The third kappa shape index (κ3) is 5.58. The van der Waals surface area contributed by atoms with Gasteiger partial charge < -0.3 is 14.6 Å². The van der Waals surface area contributed by atoms with Crippen molar-refractivity contribution >= 4 is 16.6 Å². The van der Waals surface area contributed by atoms with Gasteiger partial charge in [0, 0.05) is 43.8 Å². The van der Waals surface area contributed by atoms with Gasteiger partial charge in [-0.25, -0.2) is 4.68 Å². The molecule has 1 fully saturated rings. The van der Waals surface area contributed by atoms with Crippen molar-refractivity contribution in [3.8, 4) is 5.75 Å². The number of tetrazole rings is 1. The molecule has 1 saturated heterocycles. The minimum Gasteiger partial charge on any atom is -0.495 e. The zero-order valence-corrected chi connectivity index (χ0v) is 23.5. The number of hydrogen-bond donors (Lipinski definition) is 1. The van der Waals surface area contributed by atoms with E-state index in [1.807, 2.05) is 53.2 Å². The van der Waals surface area contributed by atoms with Crippen LogP contribution < -0.4 is 15.2 Å². The van der Waals surface area contributed by atoms with Gasteiger partial charge in [0.15, 0.2) is 5.82 Å². The SMILES string of the molecule is CCc1ccc2[nH]c(=O)c([C@H](c3nnnn3CCc3ccccc3)N3CCN(c4ccccc4OC)CC3)cc2c1. The lowest BCUT2D eigenvalue weighted by Gasteiger charge is -2.40. The van der Waals surface area contributed by atoms with Gasteiger partial charge in [0.05, 0.1) is 12.8 Å². The number of nitrogens with zero attached hydrogens (tertiary/aromatic N) is 6. The fraction of sp³-hybridized carbons (Fsp3) is 0.312. The molecule has 2 aromatic heterocycles. The van der Waals surface area contributed by atoms with Gasteiger partial charge in [-0.2, -0.15) is 0 Å². The van der Waals surface area contributed by atoms with Gasteiger partial charge in [-0.05, 0) is 70.1 Å². The maximum absolute atomic E-state index is 13.6. The quantitative estimate of drug-likeness (QED) is 0.294. The molecule has 9 nitrogen and oxygen atoms in total. The van der Waals surface area contributed by atoms with Crippen molar-refractivity contribution in [2.75, 3.05) is 38.2 Å². The average Bonchev–Trinajstić information content (AvgIpc) is 3.49. The molecule has 1 aliphatic heterocycles. The van der Waals surface area contributed by atoms with Gasteiger partial charge in [0.25, 0.3) is 5.56 Å². The normalized spacial score (nSPS) is 14.8. The van der Waals surface area contributed by atoms with E-state index in [0.717, 1.165) is 61.4 Å². The number of rotatable bonds is 9. The summed E-state index contributed by atoms with van der Waals surface area (Å²) in [5, 5.41) is 14.0. The van der Waals surface area contributed by atoms with Crippen LogP contribution >= 0.6 is 0 Å². The molecule has 1 N–H and O–H groups in total. The van der Waals surface area contributed by atoms with E-state index >= 15 is 0 Å². The molecule has 0 radical (unpaired) electrons. The van der Waals surface area contributed by atoms with Gasteiger partial charge >= 0.3 is 0 Å². The highest BCUT2D eigenvalue weighted by atomic mass is 16.5. The number of ether oxygens (including phenoxy) is 1. The Morgan fingerprint density at radius 2 is 1.71 bits per heavy atom. The Morgan fingerprint density at radius 1 is 0.927 bits per heavy atom. The molecule has 0 amide bonds. The molecule has 3 heterocycles. The first-order valence-electron chi connectivity index (χ1n) is 14.2. The topological polar surface area (TPSA) is 92.2 Å². The number of aromatic nitrogens is 5. The highest BCUT2D eigenvalue weighted by Crippen LogP contribution is 2.32. The zero-order chi connectivity index (χ0) is 28.2. The van der Waals surface area contributed by atoms with Crippen LogP contribution in [0.2, 0.25) is 0 Å². The molecular formula is C32H35N7O2. The first-order chi connectivity index (χ1) is 20.1. The molecule has 1 aliphatic rings. The van der Waals surface area contributed by atoms with E-state index in [2.05, 4.69) is 67.6 Å². The van der Waals surface area contributed by atoms with Gasteiger partial charge in [0.2, 0.25) is 0 Å². The minimum absolute atomic E-state index is 0.114. The van der Waals surface area contributed by atoms with Crippen molar-refractivity contribution < 1.29 is 4.74 Å². The van der Waals surface area contributed by atoms with Gasteiger partial charge in [0.1, 0.15) is 11.8 Å². The molecule has 0 aliphatic carbocycles. The molecule has 6 rings (SSSR count). The number of piperazine rings is 1. The van der Waals surface area contributed by atoms with Gasteiger partial charge in [-0.15, -0.1) is 5.10 Å². The summed E-state index contributed by atoms with van der Waals surface area (Å²) >= 11 is 0. The van der Waals surface area contributed by atoms with Crippen LogP contribution in [0.4, 0.5) is 5.69 Å². The smallest absolute Gasteiger partial charge is 0.253 e. The highest BCUT2D eigenvalue weighted by Gasteiger charge is 2.33. The van der Waals surface area contributed by atoms with Crippen LogP contribution in [-0.4, -0.2) is 63.4 Å². The molecule has 41 heavy (non-hydrogen) atoms. The van der Waals surface area contributed by atoms with E-state index in [1.165, 1.54) is 11.1 Å². The predicted octanol–water partition coefficient (Wildman–Crippen LogP) is 4.24. The second-order valence-electron chi connectivity index (χ2n) is 10.4. The number of aryl methyl sites for hydroxylation is 3. The first kappa shape index (κ1) is 26.7. The molecule has 0 unspecified atom stereocenters. The van der Waals surface area contributed by atoms with Crippen molar-refractivity contribution in [3.63, 3.8) is 0 Å². The van der Waals surface area contributed by atoms with Gasteiger partial charge in [-0.1, -0.05) is 55.5 Å². The molecule has 1 atom stereocenters. The highest BCUT2D eigenvalue weighted by molar-refractivity contribution is 5.80. The number of fused-ring (bicyclic) bond motifs is 1. The summed E-state index contributed by atoms with van der Waals surface area (Å²) < 4.78 is 7.48. The molecule has 9 heteroatoms. The standard InChI is InChI=1S/C32H35N7O2/c1-3-23-13-14-27-25(21-23)22-26(32(40)33-27)30(31-34-35-36-39(31)16-15-24-9-5-4-6-10-24)38-19-17-37(18-20-38)28-11-7-8-12-29(28)41-2/h4-14,21-22,30H,3,15-20H2,1-2H3,(H,33,40)/t30-/m1/s1. The van der Waals surface area contributed by atoms with E-state index in [1.54, 1.807) is 7.11 Å². The monoisotopic (exact) mass is 549 g/mol. The summed E-state index contributed by atoms with van der Waals surface area (Å²) in [6.45, 7) is 5.80. The van der Waals surface area contributed by atoms with E-state index in [0.29, 0.717) is 17.9 Å². The predicted molar refractivity (Wildman–Crippen MR) is 161 cm³/mol. The van der Waals surface area contributed by atoms with E-state index < -0.39 is 0 Å². The van der Waals surface area contributed by atoms with Crippen LogP contribution in [0.1, 0.15) is 35.5 Å². The Hall–Kier alpha value is -4.50. The number of hydrogen-bond acceptors (Lipinski definition) is 7. The molecule has 210 valence electrons. The molecular weight excluding hydrogens is 514 g/mol. The zero-order valence-electron chi connectivity index (χ0n) is 23.5. The maximum Gasteiger partial charge on any atom is 0.253 e. The Bertz CT molecular complexity index is 1670. The summed E-state index contributed by atoms with van der Waals surface area (Å²) in [6.07, 6.45) is 1.72. The Morgan fingerprint density at radius 3 is 2.49 bits per heavy atom. The average molecular weight is 550 g/mol. The number of nitrogens with one attached hydrogen (secondary N) is 1. The Labute approximate surface area is 239 Å². The third-order valence-electron chi connectivity index (χ3n) is 8.00.